The maximum Gasteiger partial charge on any atom is 0.0398 e. The molecule has 20 heavy (non-hydrogen) atoms. The summed E-state index contributed by atoms with van der Waals surface area (Å²) >= 11 is 5.44. The largest absolute Gasteiger partial charge is 0.308 e. The molecule has 1 aliphatic rings. The Balaban J connectivity index is 1.87. The van der Waals surface area contributed by atoms with Crippen LogP contribution in [0, 0.1) is 0 Å². The number of piperazine rings is 1. The van der Waals surface area contributed by atoms with Gasteiger partial charge in [0.15, 0.2) is 0 Å². The van der Waals surface area contributed by atoms with Gasteiger partial charge in [-0.25, -0.2) is 0 Å². The second kappa shape index (κ2) is 6.88. The molecule has 114 valence electrons. The minimum atomic E-state index is 0.208. The van der Waals surface area contributed by atoms with Crippen LogP contribution in [0.3, 0.4) is 0 Å². The lowest BCUT2D eigenvalue weighted by atomic mass is 10.0. The lowest BCUT2D eigenvalue weighted by molar-refractivity contribution is 0.0605. The molecule has 0 radical (unpaired) electrons. The Bertz CT molecular complexity index is 425. The Morgan fingerprint density at radius 1 is 1.35 bits per heavy atom. The SMILES string of the molecule is CC(NCC(C)(C)N1CCN(C)CC1)c1sccc1Br. The van der Waals surface area contributed by atoms with Gasteiger partial charge in [0.1, 0.15) is 0 Å². The highest BCUT2D eigenvalue weighted by Gasteiger charge is 2.29. The number of rotatable bonds is 5. The van der Waals surface area contributed by atoms with E-state index in [2.05, 4.69) is 70.3 Å². The maximum atomic E-state index is 3.70. The van der Waals surface area contributed by atoms with Gasteiger partial charge in [-0.3, -0.25) is 4.90 Å². The molecular formula is C15H26BrN3S. The van der Waals surface area contributed by atoms with E-state index < -0.39 is 0 Å². The van der Waals surface area contributed by atoms with Crippen molar-refractivity contribution in [2.24, 2.45) is 0 Å². The summed E-state index contributed by atoms with van der Waals surface area (Å²) < 4.78 is 1.22. The maximum absolute atomic E-state index is 3.70. The molecule has 1 aromatic heterocycles. The first-order chi connectivity index (χ1) is 9.40. The molecule has 1 saturated heterocycles. The average Bonchev–Trinajstić information content (AvgIpc) is 2.83. The smallest absolute Gasteiger partial charge is 0.0398 e. The summed E-state index contributed by atoms with van der Waals surface area (Å²) in [5, 5.41) is 5.84. The Hall–Kier alpha value is 0.0600. The predicted molar refractivity (Wildman–Crippen MR) is 91.6 cm³/mol. The standard InChI is InChI=1S/C15H26BrN3S/c1-12(14-13(16)5-10-20-14)17-11-15(2,3)19-8-6-18(4)7-9-19/h5,10,12,17H,6-9,11H2,1-4H3. The topological polar surface area (TPSA) is 18.5 Å². The van der Waals surface area contributed by atoms with Crippen LogP contribution in [0.2, 0.25) is 0 Å². The van der Waals surface area contributed by atoms with E-state index in [-0.39, 0.29) is 5.54 Å². The summed E-state index contributed by atoms with van der Waals surface area (Å²) in [6.45, 7) is 12.7. The second-order valence-electron chi connectivity index (χ2n) is 6.34. The lowest BCUT2D eigenvalue weighted by Crippen LogP contribution is -2.57. The van der Waals surface area contributed by atoms with E-state index in [4.69, 9.17) is 0 Å². The molecule has 2 heterocycles. The highest BCUT2D eigenvalue weighted by molar-refractivity contribution is 9.10. The van der Waals surface area contributed by atoms with Gasteiger partial charge in [0.25, 0.3) is 0 Å². The fourth-order valence-electron chi connectivity index (χ4n) is 2.63. The molecule has 0 aromatic carbocycles. The number of nitrogens with one attached hydrogen (secondary N) is 1. The zero-order chi connectivity index (χ0) is 14.8. The van der Waals surface area contributed by atoms with Crippen molar-refractivity contribution in [3.05, 3.63) is 20.8 Å². The van der Waals surface area contributed by atoms with Crippen LogP contribution < -0.4 is 5.32 Å². The minimum absolute atomic E-state index is 0.208. The highest BCUT2D eigenvalue weighted by Crippen LogP contribution is 2.29. The summed E-state index contributed by atoms with van der Waals surface area (Å²) in [6, 6.07) is 2.53. The van der Waals surface area contributed by atoms with Crippen molar-refractivity contribution in [2.75, 3.05) is 39.8 Å². The van der Waals surface area contributed by atoms with Crippen LogP contribution in [0.4, 0.5) is 0 Å². The van der Waals surface area contributed by atoms with E-state index in [9.17, 15) is 0 Å². The van der Waals surface area contributed by atoms with E-state index in [0.717, 1.165) is 6.54 Å². The van der Waals surface area contributed by atoms with Crippen LogP contribution >= 0.6 is 27.3 Å². The number of thiophene rings is 1. The Kier molecular flexibility index (Phi) is 5.65. The van der Waals surface area contributed by atoms with Crippen molar-refractivity contribution in [2.45, 2.75) is 32.4 Å². The summed E-state index contributed by atoms with van der Waals surface area (Å²) in [6.07, 6.45) is 0. The zero-order valence-electron chi connectivity index (χ0n) is 12.9. The van der Waals surface area contributed by atoms with Gasteiger partial charge < -0.3 is 10.2 Å². The molecule has 0 amide bonds. The lowest BCUT2D eigenvalue weighted by Gasteiger charge is -2.43. The third-order valence-electron chi connectivity index (χ3n) is 4.24. The summed E-state index contributed by atoms with van der Waals surface area (Å²) in [5.41, 5.74) is 0.208. The molecular weight excluding hydrogens is 334 g/mol. The van der Waals surface area contributed by atoms with Crippen LogP contribution in [-0.2, 0) is 0 Å². The van der Waals surface area contributed by atoms with E-state index in [0.29, 0.717) is 6.04 Å². The zero-order valence-corrected chi connectivity index (χ0v) is 15.4. The van der Waals surface area contributed by atoms with Crippen LogP contribution in [-0.4, -0.2) is 55.1 Å². The van der Waals surface area contributed by atoms with Gasteiger partial charge in [0.2, 0.25) is 0 Å². The Morgan fingerprint density at radius 3 is 2.55 bits per heavy atom. The van der Waals surface area contributed by atoms with Crippen molar-refractivity contribution in [3.63, 3.8) is 0 Å². The Labute approximate surface area is 135 Å². The van der Waals surface area contributed by atoms with Gasteiger partial charge >= 0.3 is 0 Å². The molecule has 1 N–H and O–H groups in total. The molecule has 1 aliphatic heterocycles. The van der Waals surface area contributed by atoms with Crippen LogP contribution in [0.1, 0.15) is 31.7 Å². The highest BCUT2D eigenvalue weighted by atomic mass is 79.9. The molecule has 0 aliphatic carbocycles. The number of nitrogens with zero attached hydrogens (tertiary/aromatic N) is 2. The number of halogens is 1. The quantitative estimate of drug-likeness (QED) is 0.870. The second-order valence-corrected chi connectivity index (χ2v) is 8.14. The van der Waals surface area contributed by atoms with E-state index in [1.165, 1.54) is 35.5 Å². The van der Waals surface area contributed by atoms with E-state index in [1.54, 1.807) is 0 Å². The van der Waals surface area contributed by atoms with Gasteiger partial charge in [-0.1, -0.05) is 0 Å². The van der Waals surface area contributed by atoms with Crippen molar-refractivity contribution >= 4 is 27.3 Å². The predicted octanol–water partition coefficient (Wildman–Crippen LogP) is 3.19. The van der Waals surface area contributed by atoms with Crippen molar-refractivity contribution in [3.8, 4) is 0 Å². The third kappa shape index (κ3) is 4.04. The van der Waals surface area contributed by atoms with Gasteiger partial charge in [-0.2, -0.15) is 0 Å². The number of likely N-dealkylation sites (N-methyl/N-ethyl adjacent to an activating group) is 1. The van der Waals surface area contributed by atoms with Crippen LogP contribution in [0.5, 0.6) is 0 Å². The van der Waals surface area contributed by atoms with Crippen molar-refractivity contribution in [1.82, 2.24) is 15.1 Å². The normalized spacial score (nSPS) is 20.2. The molecule has 1 fully saturated rings. The first kappa shape index (κ1) is 16.4. The fourth-order valence-corrected chi connectivity index (χ4v) is 4.38. The average molecular weight is 360 g/mol. The molecule has 2 rings (SSSR count). The first-order valence-electron chi connectivity index (χ1n) is 7.30. The molecule has 3 nitrogen and oxygen atoms in total. The van der Waals surface area contributed by atoms with Gasteiger partial charge in [0, 0.05) is 53.7 Å². The molecule has 0 bridgehead atoms. The van der Waals surface area contributed by atoms with Crippen molar-refractivity contribution < 1.29 is 0 Å². The summed E-state index contributed by atoms with van der Waals surface area (Å²) in [5.74, 6) is 0. The van der Waals surface area contributed by atoms with Crippen molar-refractivity contribution in [1.29, 1.82) is 0 Å². The minimum Gasteiger partial charge on any atom is -0.308 e. The van der Waals surface area contributed by atoms with Crippen LogP contribution in [0.25, 0.3) is 0 Å². The first-order valence-corrected chi connectivity index (χ1v) is 8.97. The molecule has 1 aromatic rings. The molecule has 5 heteroatoms. The van der Waals surface area contributed by atoms with Crippen LogP contribution in [0.15, 0.2) is 15.9 Å². The van der Waals surface area contributed by atoms with E-state index in [1.807, 2.05) is 11.3 Å². The number of hydrogen-bond donors (Lipinski definition) is 1. The molecule has 1 atom stereocenters. The number of hydrogen-bond acceptors (Lipinski definition) is 4. The Morgan fingerprint density at radius 2 is 2.00 bits per heavy atom. The molecule has 0 saturated carbocycles. The van der Waals surface area contributed by atoms with E-state index >= 15 is 0 Å². The summed E-state index contributed by atoms with van der Waals surface area (Å²) in [4.78, 5) is 6.40. The molecule has 0 spiro atoms. The summed E-state index contributed by atoms with van der Waals surface area (Å²) in [7, 11) is 2.21. The fraction of sp³-hybridized carbons (Fsp3) is 0.733. The molecule has 1 unspecified atom stereocenters. The van der Waals surface area contributed by atoms with Gasteiger partial charge in [0.05, 0.1) is 0 Å². The third-order valence-corrected chi connectivity index (χ3v) is 6.29. The monoisotopic (exact) mass is 359 g/mol. The van der Waals surface area contributed by atoms with Gasteiger partial charge in [-0.15, -0.1) is 11.3 Å². The van der Waals surface area contributed by atoms with Gasteiger partial charge in [-0.05, 0) is 55.2 Å².